The number of nitrogens with one attached hydrogen (secondary N) is 1. The average molecular weight is 201 g/mol. The fraction of sp³-hybridized carbons (Fsp3) is 0.222. The van der Waals surface area contributed by atoms with Gasteiger partial charge in [0.15, 0.2) is 0 Å². The van der Waals surface area contributed by atoms with Crippen LogP contribution >= 0.6 is 0 Å². The molecule has 0 saturated carbocycles. The normalized spacial score (nSPS) is 9.93. The first-order chi connectivity index (χ1) is 6.65. The molecular formula is C9H9F2NO2. The topological polar surface area (TPSA) is 38.3 Å². The summed E-state index contributed by atoms with van der Waals surface area (Å²) in [4.78, 5) is 15.3. The van der Waals surface area contributed by atoms with Crippen LogP contribution in [0.3, 0.4) is 0 Å². The molecule has 0 aliphatic rings. The number of carbonyl (C=O) groups is 1. The van der Waals surface area contributed by atoms with Gasteiger partial charge in [0, 0.05) is 5.56 Å². The summed E-state index contributed by atoms with van der Waals surface area (Å²) in [6.45, 7) is 0. The van der Waals surface area contributed by atoms with Gasteiger partial charge in [-0.25, -0.2) is 14.3 Å². The predicted molar refractivity (Wildman–Crippen MR) is 45.2 cm³/mol. The van der Waals surface area contributed by atoms with Crippen molar-refractivity contribution in [2.24, 2.45) is 0 Å². The van der Waals surface area contributed by atoms with E-state index in [0.29, 0.717) is 0 Å². The standard InChI is InChI=1S/C9H9F2NO2/c1-14-12-9(13)5-6-7(10)3-2-4-8(6)11/h2-4H,5H2,1H3,(H,12,13). The van der Waals surface area contributed by atoms with Crippen LogP contribution < -0.4 is 5.48 Å². The van der Waals surface area contributed by atoms with Gasteiger partial charge in [-0.05, 0) is 12.1 Å². The van der Waals surface area contributed by atoms with Crippen molar-refractivity contribution in [3.05, 3.63) is 35.4 Å². The first-order valence-electron chi connectivity index (χ1n) is 3.90. The van der Waals surface area contributed by atoms with Crippen molar-refractivity contribution in [2.45, 2.75) is 6.42 Å². The quantitative estimate of drug-likeness (QED) is 0.746. The molecule has 1 N–H and O–H groups in total. The molecule has 3 nitrogen and oxygen atoms in total. The predicted octanol–water partition coefficient (Wildman–Crippen LogP) is 1.18. The number of carbonyl (C=O) groups excluding carboxylic acids is 1. The Kier molecular flexibility index (Phi) is 3.53. The highest BCUT2D eigenvalue weighted by Gasteiger charge is 2.12. The summed E-state index contributed by atoms with van der Waals surface area (Å²) in [5.41, 5.74) is 1.71. The lowest BCUT2D eigenvalue weighted by Gasteiger charge is -2.04. The van der Waals surface area contributed by atoms with Gasteiger partial charge in [0.1, 0.15) is 11.6 Å². The van der Waals surface area contributed by atoms with Gasteiger partial charge in [0.05, 0.1) is 13.5 Å². The highest BCUT2D eigenvalue weighted by atomic mass is 19.1. The number of halogens is 2. The van der Waals surface area contributed by atoms with Gasteiger partial charge in [-0.3, -0.25) is 9.63 Å². The molecule has 0 aliphatic carbocycles. The van der Waals surface area contributed by atoms with Crippen LogP contribution in [-0.4, -0.2) is 13.0 Å². The second-order valence-electron chi connectivity index (χ2n) is 2.61. The summed E-state index contributed by atoms with van der Waals surface area (Å²) in [7, 11) is 1.25. The molecular weight excluding hydrogens is 192 g/mol. The summed E-state index contributed by atoms with van der Waals surface area (Å²) < 4.78 is 26.0. The zero-order valence-electron chi connectivity index (χ0n) is 7.51. The number of benzene rings is 1. The first kappa shape index (κ1) is 10.6. The largest absolute Gasteiger partial charge is 0.277 e. The maximum atomic E-state index is 13.0. The minimum absolute atomic E-state index is 0.262. The van der Waals surface area contributed by atoms with Gasteiger partial charge in [-0.15, -0.1) is 0 Å². The van der Waals surface area contributed by atoms with Gasteiger partial charge in [-0.2, -0.15) is 0 Å². The number of hydroxylamine groups is 1. The second-order valence-corrected chi connectivity index (χ2v) is 2.61. The summed E-state index contributed by atoms with van der Waals surface area (Å²) in [5, 5.41) is 0. The molecule has 1 amide bonds. The minimum Gasteiger partial charge on any atom is -0.277 e. The van der Waals surface area contributed by atoms with Gasteiger partial charge in [0.25, 0.3) is 0 Å². The van der Waals surface area contributed by atoms with Crippen LogP contribution in [0.1, 0.15) is 5.56 Å². The maximum absolute atomic E-state index is 13.0. The van der Waals surface area contributed by atoms with Crippen molar-refractivity contribution in [3.8, 4) is 0 Å². The van der Waals surface area contributed by atoms with Crippen LogP contribution in [0.25, 0.3) is 0 Å². The van der Waals surface area contributed by atoms with E-state index in [2.05, 4.69) is 4.84 Å². The molecule has 1 aromatic rings. The van der Waals surface area contributed by atoms with E-state index in [4.69, 9.17) is 0 Å². The Labute approximate surface area is 79.6 Å². The third kappa shape index (κ3) is 2.50. The van der Waals surface area contributed by atoms with Crippen molar-refractivity contribution in [3.63, 3.8) is 0 Å². The highest BCUT2D eigenvalue weighted by molar-refractivity contribution is 5.77. The molecule has 0 aliphatic heterocycles. The number of rotatable bonds is 3. The highest BCUT2D eigenvalue weighted by Crippen LogP contribution is 2.12. The van der Waals surface area contributed by atoms with E-state index in [9.17, 15) is 13.6 Å². The second kappa shape index (κ2) is 4.66. The minimum atomic E-state index is -0.740. The Morgan fingerprint density at radius 1 is 1.43 bits per heavy atom. The van der Waals surface area contributed by atoms with Gasteiger partial charge >= 0.3 is 0 Å². The molecule has 1 aromatic carbocycles. The zero-order valence-corrected chi connectivity index (χ0v) is 7.51. The zero-order chi connectivity index (χ0) is 10.6. The summed E-state index contributed by atoms with van der Waals surface area (Å²) in [6.07, 6.45) is -0.383. The van der Waals surface area contributed by atoms with Crippen molar-refractivity contribution in [2.75, 3.05) is 7.11 Å². The van der Waals surface area contributed by atoms with E-state index in [0.717, 1.165) is 12.1 Å². The Morgan fingerprint density at radius 3 is 2.50 bits per heavy atom. The molecule has 0 atom stereocenters. The Hall–Kier alpha value is -1.49. The van der Waals surface area contributed by atoms with Crippen LogP contribution in [0, 0.1) is 11.6 Å². The van der Waals surface area contributed by atoms with Crippen molar-refractivity contribution >= 4 is 5.91 Å². The molecule has 5 heteroatoms. The van der Waals surface area contributed by atoms with Crippen molar-refractivity contribution in [1.29, 1.82) is 0 Å². The molecule has 1 rings (SSSR count). The van der Waals surface area contributed by atoms with E-state index in [1.165, 1.54) is 13.2 Å². The molecule has 76 valence electrons. The molecule has 0 heterocycles. The Balaban J connectivity index is 2.80. The molecule has 0 fully saturated rings. The van der Waals surface area contributed by atoms with Crippen LogP contribution in [0.5, 0.6) is 0 Å². The first-order valence-corrected chi connectivity index (χ1v) is 3.90. The monoisotopic (exact) mass is 201 g/mol. The van der Waals surface area contributed by atoms with Crippen LogP contribution in [-0.2, 0) is 16.1 Å². The lowest BCUT2D eigenvalue weighted by Crippen LogP contribution is -2.24. The molecule has 0 unspecified atom stereocenters. The van der Waals surface area contributed by atoms with Gasteiger partial charge in [-0.1, -0.05) is 6.07 Å². The molecule has 0 aromatic heterocycles. The maximum Gasteiger partial charge on any atom is 0.248 e. The van der Waals surface area contributed by atoms with E-state index >= 15 is 0 Å². The molecule has 0 radical (unpaired) electrons. The van der Waals surface area contributed by atoms with Crippen molar-refractivity contribution in [1.82, 2.24) is 5.48 Å². The van der Waals surface area contributed by atoms with E-state index in [1.807, 2.05) is 5.48 Å². The lowest BCUT2D eigenvalue weighted by molar-refractivity contribution is -0.130. The molecule has 14 heavy (non-hydrogen) atoms. The third-order valence-electron chi connectivity index (χ3n) is 1.61. The molecule has 0 bridgehead atoms. The smallest absolute Gasteiger partial charge is 0.248 e. The van der Waals surface area contributed by atoms with Crippen LogP contribution in [0.2, 0.25) is 0 Å². The fourth-order valence-corrected chi connectivity index (χ4v) is 1.01. The molecule has 0 saturated heterocycles. The summed E-state index contributed by atoms with van der Waals surface area (Å²) >= 11 is 0. The Bertz CT molecular complexity index is 321. The summed E-state index contributed by atoms with van der Waals surface area (Å²) in [6, 6.07) is 3.43. The van der Waals surface area contributed by atoms with E-state index in [-0.39, 0.29) is 12.0 Å². The van der Waals surface area contributed by atoms with Gasteiger partial charge in [0.2, 0.25) is 5.91 Å². The Morgan fingerprint density at radius 2 is 2.00 bits per heavy atom. The number of amides is 1. The molecule has 0 spiro atoms. The lowest BCUT2D eigenvalue weighted by atomic mass is 10.1. The SMILES string of the molecule is CONC(=O)Cc1c(F)cccc1F. The van der Waals surface area contributed by atoms with Crippen LogP contribution in [0.4, 0.5) is 8.78 Å². The number of hydrogen-bond donors (Lipinski definition) is 1. The van der Waals surface area contributed by atoms with Crippen LogP contribution in [0.15, 0.2) is 18.2 Å². The van der Waals surface area contributed by atoms with Crippen molar-refractivity contribution < 1.29 is 18.4 Å². The van der Waals surface area contributed by atoms with Gasteiger partial charge < -0.3 is 0 Å². The average Bonchev–Trinajstić information content (AvgIpc) is 2.12. The third-order valence-corrected chi connectivity index (χ3v) is 1.61. The number of hydrogen-bond acceptors (Lipinski definition) is 2. The fourth-order valence-electron chi connectivity index (χ4n) is 1.01. The summed E-state index contributed by atoms with van der Waals surface area (Å²) in [5.74, 6) is -2.08. The van der Waals surface area contributed by atoms with E-state index < -0.39 is 17.5 Å². The van der Waals surface area contributed by atoms with E-state index in [1.54, 1.807) is 0 Å².